The molecule has 114 valence electrons. The zero-order valence-electron chi connectivity index (χ0n) is 11.2. The van der Waals surface area contributed by atoms with Crippen LogP contribution in [0, 0.1) is 5.92 Å². The van der Waals surface area contributed by atoms with Crippen LogP contribution in [0.3, 0.4) is 0 Å². The normalized spacial score (nSPS) is 14.7. The molecule has 1 saturated carbocycles. The van der Waals surface area contributed by atoms with E-state index in [-0.39, 0.29) is 36.8 Å². The van der Waals surface area contributed by atoms with Crippen LogP contribution in [-0.4, -0.2) is 29.2 Å². The fourth-order valence-electron chi connectivity index (χ4n) is 1.85. The number of hydrogen-bond acceptors (Lipinski definition) is 4. The van der Waals surface area contributed by atoms with Gasteiger partial charge in [0.1, 0.15) is 0 Å². The highest BCUT2D eigenvalue weighted by Gasteiger charge is 2.30. The number of halogens is 2. The number of aromatic nitrogens is 1. The number of thioether (sulfide) groups is 1. The van der Waals surface area contributed by atoms with E-state index in [0.717, 1.165) is 11.4 Å². The molecule has 1 aromatic rings. The molecule has 0 radical (unpaired) electrons. The molecule has 1 amide bonds. The first-order chi connectivity index (χ1) is 8.79. The average molecular weight is 338 g/mol. The van der Waals surface area contributed by atoms with Gasteiger partial charge in [-0.1, -0.05) is 6.07 Å². The zero-order chi connectivity index (χ0) is 12.8. The van der Waals surface area contributed by atoms with Gasteiger partial charge in [-0.25, -0.2) is 0 Å². The minimum absolute atomic E-state index is 0. The van der Waals surface area contributed by atoms with Crippen LogP contribution in [0.2, 0.25) is 0 Å². The van der Waals surface area contributed by atoms with Crippen molar-refractivity contribution in [3.05, 3.63) is 30.1 Å². The summed E-state index contributed by atoms with van der Waals surface area (Å²) in [7, 11) is 0. The summed E-state index contributed by atoms with van der Waals surface area (Å²) in [4.78, 5) is 15.9. The third-order valence-corrected chi connectivity index (χ3v) is 3.97. The van der Waals surface area contributed by atoms with Gasteiger partial charge in [0.15, 0.2) is 0 Å². The number of rotatable bonds is 7. The van der Waals surface area contributed by atoms with Crippen LogP contribution < -0.4 is 11.1 Å². The van der Waals surface area contributed by atoms with Gasteiger partial charge < -0.3 is 11.1 Å². The van der Waals surface area contributed by atoms with E-state index in [1.165, 1.54) is 12.8 Å². The predicted octanol–water partition coefficient (Wildman–Crippen LogP) is 2.01. The Balaban J connectivity index is 0.00000180. The van der Waals surface area contributed by atoms with Gasteiger partial charge in [-0.15, -0.1) is 36.6 Å². The topological polar surface area (TPSA) is 68.0 Å². The van der Waals surface area contributed by atoms with E-state index in [1.54, 1.807) is 18.0 Å². The van der Waals surface area contributed by atoms with Gasteiger partial charge in [0.25, 0.3) is 0 Å². The Morgan fingerprint density at radius 1 is 1.45 bits per heavy atom. The van der Waals surface area contributed by atoms with Gasteiger partial charge in [0.05, 0.1) is 11.4 Å². The second kappa shape index (κ2) is 10.3. The third-order valence-electron chi connectivity index (χ3n) is 3.00. The summed E-state index contributed by atoms with van der Waals surface area (Å²) in [6, 6.07) is 5.99. The molecule has 4 nitrogen and oxygen atoms in total. The van der Waals surface area contributed by atoms with Crippen molar-refractivity contribution in [1.29, 1.82) is 0 Å². The second-order valence-electron chi connectivity index (χ2n) is 4.56. The Labute approximate surface area is 136 Å². The van der Waals surface area contributed by atoms with Crippen molar-refractivity contribution in [3.8, 4) is 0 Å². The van der Waals surface area contributed by atoms with Gasteiger partial charge in [-0.05, 0) is 30.9 Å². The highest BCUT2D eigenvalue weighted by molar-refractivity contribution is 7.99. The standard InChI is InChI=1S/C13H19N3OS.2ClH/c14-7-12(10-4-5-10)16-13(17)9-18-8-11-3-1-2-6-15-11;;/h1-3,6,10,12H,4-5,7-9,14H2,(H,16,17);2*1H. The van der Waals surface area contributed by atoms with E-state index in [2.05, 4.69) is 10.3 Å². The minimum atomic E-state index is 0. The smallest absolute Gasteiger partial charge is 0.230 e. The van der Waals surface area contributed by atoms with E-state index < -0.39 is 0 Å². The molecule has 1 heterocycles. The van der Waals surface area contributed by atoms with E-state index in [9.17, 15) is 4.79 Å². The van der Waals surface area contributed by atoms with Gasteiger partial charge in [-0.3, -0.25) is 9.78 Å². The van der Waals surface area contributed by atoms with Crippen LogP contribution in [0.15, 0.2) is 24.4 Å². The maximum Gasteiger partial charge on any atom is 0.230 e. The second-order valence-corrected chi connectivity index (χ2v) is 5.55. The number of pyridine rings is 1. The number of carbonyl (C=O) groups excluding carboxylic acids is 1. The van der Waals surface area contributed by atoms with Gasteiger partial charge in [0, 0.05) is 24.5 Å². The fraction of sp³-hybridized carbons (Fsp3) is 0.538. The van der Waals surface area contributed by atoms with Crippen LogP contribution in [-0.2, 0) is 10.5 Å². The minimum Gasteiger partial charge on any atom is -0.351 e. The SMILES string of the molecule is Cl.Cl.NCC(NC(=O)CSCc1ccccn1)C1CC1. The van der Waals surface area contributed by atoms with Crippen molar-refractivity contribution in [2.24, 2.45) is 11.7 Å². The number of nitrogens with two attached hydrogens (primary N) is 1. The van der Waals surface area contributed by atoms with E-state index in [1.807, 2.05) is 18.2 Å². The van der Waals surface area contributed by atoms with Gasteiger partial charge in [0.2, 0.25) is 5.91 Å². The first-order valence-electron chi connectivity index (χ1n) is 6.26. The number of amides is 1. The first kappa shape index (κ1) is 19.5. The average Bonchev–Trinajstić information content (AvgIpc) is 3.21. The van der Waals surface area contributed by atoms with E-state index in [4.69, 9.17) is 5.73 Å². The molecule has 1 aromatic heterocycles. The summed E-state index contributed by atoms with van der Waals surface area (Å²) in [5.74, 6) is 1.93. The number of carbonyl (C=O) groups is 1. The molecule has 1 aliphatic carbocycles. The molecule has 0 saturated heterocycles. The van der Waals surface area contributed by atoms with Crippen molar-refractivity contribution in [2.75, 3.05) is 12.3 Å². The molecule has 3 N–H and O–H groups in total. The van der Waals surface area contributed by atoms with Crippen molar-refractivity contribution < 1.29 is 4.79 Å². The Hall–Kier alpha value is -0.490. The monoisotopic (exact) mass is 337 g/mol. The summed E-state index contributed by atoms with van der Waals surface area (Å²) in [5.41, 5.74) is 6.66. The molecular weight excluding hydrogens is 317 g/mol. The van der Waals surface area contributed by atoms with Crippen molar-refractivity contribution in [2.45, 2.75) is 24.6 Å². The Bertz CT molecular complexity index is 390. The zero-order valence-corrected chi connectivity index (χ0v) is 13.6. The highest BCUT2D eigenvalue weighted by atomic mass is 35.5. The lowest BCUT2D eigenvalue weighted by atomic mass is 10.2. The maximum absolute atomic E-state index is 11.7. The molecule has 0 aromatic carbocycles. The number of hydrogen-bond donors (Lipinski definition) is 2. The number of nitrogens with one attached hydrogen (secondary N) is 1. The van der Waals surface area contributed by atoms with Crippen molar-refractivity contribution in [1.82, 2.24) is 10.3 Å². The molecule has 2 rings (SSSR count). The molecule has 0 spiro atoms. The lowest BCUT2D eigenvalue weighted by molar-refractivity contribution is -0.119. The van der Waals surface area contributed by atoms with Crippen molar-refractivity contribution >= 4 is 42.5 Å². The van der Waals surface area contributed by atoms with Crippen LogP contribution in [0.5, 0.6) is 0 Å². The molecule has 1 unspecified atom stereocenters. The fourth-order valence-corrected chi connectivity index (χ4v) is 2.60. The molecule has 20 heavy (non-hydrogen) atoms. The Morgan fingerprint density at radius 2 is 2.20 bits per heavy atom. The molecule has 1 aliphatic rings. The number of nitrogens with zero attached hydrogens (tertiary/aromatic N) is 1. The van der Waals surface area contributed by atoms with Crippen molar-refractivity contribution in [3.63, 3.8) is 0 Å². The summed E-state index contributed by atoms with van der Waals surface area (Å²) in [6.07, 6.45) is 4.17. The molecule has 0 aliphatic heterocycles. The Kier molecular flexibility index (Phi) is 10.0. The molecule has 1 atom stereocenters. The van der Waals surface area contributed by atoms with Crippen LogP contribution in [0.25, 0.3) is 0 Å². The first-order valence-corrected chi connectivity index (χ1v) is 7.42. The molecule has 0 bridgehead atoms. The highest BCUT2D eigenvalue weighted by Crippen LogP contribution is 2.32. The molecule has 7 heteroatoms. The summed E-state index contributed by atoms with van der Waals surface area (Å²) in [5, 5.41) is 3.01. The maximum atomic E-state index is 11.7. The van der Waals surface area contributed by atoms with Crippen LogP contribution >= 0.6 is 36.6 Å². The van der Waals surface area contributed by atoms with Gasteiger partial charge >= 0.3 is 0 Å². The molecule has 1 fully saturated rings. The lowest BCUT2D eigenvalue weighted by Crippen LogP contribution is -2.42. The lowest BCUT2D eigenvalue weighted by Gasteiger charge is -2.15. The molecular formula is C13H21Cl2N3OS. The Morgan fingerprint density at radius 3 is 2.75 bits per heavy atom. The van der Waals surface area contributed by atoms with E-state index in [0.29, 0.717) is 18.2 Å². The van der Waals surface area contributed by atoms with Crippen LogP contribution in [0.4, 0.5) is 0 Å². The van der Waals surface area contributed by atoms with Crippen LogP contribution in [0.1, 0.15) is 18.5 Å². The van der Waals surface area contributed by atoms with E-state index >= 15 is 0 Å². The summed E-state index contributed by atoms with van der Waals surface area (Å²) < 4.78 is 0. The quantitative estimate of drug-likeness (QED) is 0.798. The largest absolute Gasteiger partial charge is 0.351 e. The van der Waals surface area contributed by atoms with Gasteiger partial charge in [-0.2, -0.15) is 0 Å². The summed E-state index contributed by atoms with van der Waals surface area (Å²) in [6.45, 7) is 0.543. The predicted molar refractivity (Wildman–Crippen MR) is 88.6 cm³/mol. The third kappa shape index (κ3) is 6.79. The summed E-state index contributed by atoms with van der Waals surface area (Å²) >= 11 is 1.58.